The van der Waals surface area contributed by atoms with E-state index in [-0.39, 0.29) is 24.9 Å². The number of fused-ring (bicyclic) bond motifs is 1. The first-order valence-electron chi connectivity index (χ1n) is 11.9. The van der Waals surface area contributed by atoms with E-state index in [2.05, 4.69) is 15.6 Å². The fourth-order valence-electron chi connectivity index (χ4n) is 3.87. The summed E-state index contributed by atoms with van der Waals surface area (Å²) in [6, 6.07) is 18.0. The molecule has 0 bridgehead atoms. The topological polar surface area (TPSA) is 89.4 Å². The number of methoxy groups -OCH3 is 1. The number of ether oxygens (including phenoxy) is 1. The quantitative estimate of drug-likeness (QED) is 0.341. The van der Waals surface area contributed by atoms with Gasteiger partial charge in [-0.25, -0.2) is 4.68 Å². The average Bonchev–Trinajstić information content (AvgIpc) is 3.54. The Labute approximate surface area is 214 Å². The van der Waals surface area contributed by atoms with E-state index in [1.54, 1.807) is 16.7 Å². The number of hydrogen-bond donors (Lipinski definition) is 1. The highest BCUT2D eigenvalue weighted by atomic mass is 32.1. The van der Waals surface area contributed by atoms with Gasteiger partial charge >= 0.3 is 0 Å². The summed E-state index contributed by atoms with van der Waals surface area (Å²) in [5.41, 5.74) is 1.95. The minimum absolute atomic E-state index is 0.0387. The van der Waals surface area contributed by atoms with Crippen LogP contribution in [0.1, 0.15) is 43.7 Å². The second-order valence-corrected chi connectivity index (χ2v) is 10.2. The summed E-state index contributed by atoms with van der Waals surface area (Å²) in [4.78, 5) is 30.0. The van der Waals surface area contributed by atoms with Gasteiger partial charge in [-0.1, -0.05) is 42.5 Å². The maximum absolute atomic E-state index is 13.9. The lowest BCUT2D eigenvalue weighted by Gasteiger charge is -2.34. The fraction of sp³-hybridized carbons (Fsp3) is 0.333. The molecule has 0 unspecified atom stereocenters. The van der Waals surface area contributed by atoms with Crippen molar-refractivity contribution in [1.29, 1.82) is 0 Å². The summed E-state index contributed by atoms with van der Waals surface area (Å²) in [6.07, 6.45) is 0.757. The Hall–Kier alpha value is -3.72. The molecule has 0 spiro atoms. The molecule has 2 heterocycles. The molecule has 4 aromatic rings. The highest BCUT2D eigenvalue weighted by molar-refractivity contribution is 7.10. The van der Waals surface area contributed by atoms with Crippen molar-refractivity contribution in [3.63, 3.8) is 0 Å². The summed E-state index contributed by atoms with van der Waals surface area (Å²) >= 11 is 1.46. The number of aromatic nitrogens is 3. The predicted molar refractivity (Wildman–Crippen MR) is 141 cm³/mol. The van der Waals surface area contributed by atoms with Gasteiger partial charge in [0.1, 0.15) is 23.9 Å². The van der Waals surface area contributed by atoms with Crippen LogP contribution in [0.2, 0.25) is 0 Å². The predicted octanol–water partition coefficient (Wildman–Crippen LogP) is 4.58. The molecule has 2 aromatic carbocycles. The molecule has 9 heteroatoms. The van der Waals surface area contributed by atoms with Gasteiger partial charge in [0.15, 0.2) is 0 Å². The molecule has 0 aliphatic heterocycles. The van der Waals surface area contributed by atoms with Crippen LogP contribution in [0.4, 0.5) is 0 Å². The van der Waals surface area contributed by atoms with E-state index in [0.29, 0.717) is 5.52 Å². The Morgan fingerprint density at radius 1 is 1.11 bits per heavy atom. The zero-order valence-corrected chi connectivity index (χ0v) is 21.8. The molecule has 0 aliphatic rings. The molecule has 36 heavy (non-hydrogen) atoms. The van der Waals surface area contributed by atoms with Crippen LogP contribution in [0.25, 0.3) is 11.0 Å². The second-order valence-electron chi connectivity index (χ2n) is 9.25. The maximum Gasteiger partial charge on any atom is 0.248 e. The zero-order valence-electron chi connectivity index (χ0n) is 21.0. The van der Waals surface area contributed by atoms with E-state index in [9.17, 15) is 9.59 Å². The number of nitrogens with zero attached hydrogens (tertiary/aromatic N) is 4. The molecule has 0 saturated heterocycles. The second kappa shape index (κ2) is 10.9. The average molecular weight is 506 g/mol. The number of thiophene rings is 1. The van der Waals surface area contributed by atoms with Gasteiger partial charge in [0.05, 0.1) is 12.6 Å². The van der Waals surface area contributed by atoms with Gasteiger partial charge in [-0.2, -0.15) is 0 Å². The van der Waals surface area contributed by atoms with Crippen LogP contribution in [0.5, 0.6) is 5.75 Å². The van der Waals surface area contributed by atoms with Crippen molar-refractivity contribution in [2.45, 2.75) is 51.9 Å². The molecule has 2 aromatic heterocycles. The third kappa shape index (κ3) is 5.73. The van der Waals surface area contributed by atoms with Crippen molar-refractivity contribution >= 4 is 34.2 Å². The van der Waals surface area contributed by atoms with Gasteiger partial charge in [-0.3, -0.25) is 9.59 Å². The lowest BCUT2D eigenvalue weighted by atomic mass is 10.0. The molecule has 1 N–H and O–H groups in total. The number of carbonyl (C=O) groups excluding carboxylic acids is 2. The molecule has 8 nitrogen and oxygen atoms in total. The molecule has 1 atom stereocenters. The van der Waals surface area contributed by atoms with E-state index in [0.717, 1.165) is 28.1 Å². The summed E-state index contributed by atoms with van der Waals surface area (Å²) < 4.78 is 6.86. The molecule has 0 aliphatic carbocycles. The smallest absolute Gasteiger partial charge is 0.248 e. The molecule has 0 saturated carbocycles. The first kappa shape index (κ1) is 25.4. The van der Waals surface area contributed by atoms with Crippen molar-refractivity contribution in [3.8, 4) is 5.75 Å². The van der Waals surface area contributed by atoms with Crippen molar-refractivity contribution in [3.05, 3.63) is 76.5 Å². The number of para-hydroxylation sites is 1. The summed E-state index contributed by atoms with van der Waals surface area (Å²) in [5, 5.41) is 13.4. The van der Waals surface area contributed by atoms with Gasteiger partial charge in [-0.15, -0.1) is 16.4 Å². The first-order valence-corrected chi connectivity index (χ1v) is 12.8. The van der Waals surface area contributed by atoms with Crippen LogP contribution in [-0.2, 0) is 22.7 Å². The van der Waals surface area contributed by atoms with Crippen molar-refractivity contribution in [2.75, 3.05) is 7.11 Å². The summed E-state index contributed by atoms with van der Waals surface area (Å²) in [7, 11) is 1.61. The van der Waals surface area contributed by atoms with Crippen LogP contribution in [-0.4, -0.2) is 44.4 Å². The van der Waals surface area contributed by atoms with Crippen molar-refractivity contribution in [2.24, 2.45) is 0 Å². The maximum atomic E-state index is 13.9. The summed E-state index contributed by atoms with van der Waals surface area (Å²) in [5.74, 6) is 0.280. The first-order chi connectivity index (χ1) is 17.3. The van der Waals surface area contributed by atoms with Crippen molar-refractivity contribution < 1.29 is 14.3 Å². The molecule has 0 radical (unpaired) electrons. The number of nitrogens with one attached hydrogen (secondary N) is 1. The molecule has 4 rings (SSSR count). The zero-order chi connectivity index (χ0) is 25.7. The SMILES string of the molecule is CCC(C)(C)NC(=O)[C@H](c1cccs1)N(Cc1ccc(OC)cc1)C(=O)Cn1nnc2ccccc21. The largest absolute Gasteiger partial charge is 0.497 e. The summed E-state index contributed by atoms with van der Waals surface area (Å²) in [6.45, 7) is 6.19. The van der Waals surface area contributed by atoms with Crippen molar-refractivity contribution in [1.82, 2.24) is 25.2 Å². The standard InChI is InChI=1S/C27H31N5O3S/c1-5-27(2,3)28-26(34)25(23-11-8-16-36-23)31(17-19-12-14-20(35-4)15-13-19)24(33)18-32-22-10-7-6-9-21(22)29-30-32/h6-16,25H,5,17-18H2,1-4H3,(H,28,34)/t25-/m0/s1. The molecular weight excluding hydrogens is 474 g/mol. The number of hydrogen-bond acceptors (Lipinski definition) is 6. The van der Waals surface area contributed by atoms with E-state index < -0.39 is 11.6 Å². The van der Waals surface area contributed by atoms with Gasteiger partial charge in [0, 0.05) is 17.0 Å². The van der Waals surface area contributed by atoms with Crippen LogP contribution in [0.3, 0.4) is 0 Å². The van der Waals surface area contributed by atoms with E-state index in [1.165, 1.54) is 11.3 Å². The Balaban J connectivity index is 1.72. The highest BCUT2D eigenvalue weighted by Gasteiger charge is 2.35. The number of benzene rings is 2. The molecule has 0 fully saturated rings. The van der Waals surface area contributed by atoms with E-state index >= 15 is 0 Å². The Morgan fingerprint density at radius 3 is 2.53 bits per heavy atom. The van der Waals surface area contributed by atoms with Crippen LogP contribution < -0.4 is 10.1 Å². The lowest BCUT2D eigenvalue weighted by molar-refractivity contribution is -0.142. The minimum atomic E-state index is -0.791. The highest BCUT2D eigenvalue weighted by Crippen LogP contribution is 2.29. The minimum Gasteiger partial charge on any atom is -0.497 e. The number of carbonyl (C=O) groups is 2. The van der Waals surface area contributed by atoms with Crippen LogP contribution in [0, 0.1) is 0 Å². The Bertz CT molecular complexity index is 1310. The van der Waals surface area contributed by atoms with Crippen LogP contribution >= 0.6 is 11.3 Å². The van der Waals surface area contributed by atoms with Gasteiger partial charge in [0.2, 0.25) is 11.8 Å². The van der Waals surface area contributed by atoms with Gasteiger partial charge in [-0.05, 0) is 61.5 Å². The fourth-order valence-corrected chi connectivity index (χ4v) is 4.70. The third-order valence-electron chi connectivity index (χ3n) is 6.26. The van der Waals surface area contributed by atoms with E-state index in [1.807, 2.05) is 86.8 Å². The Morgan fingerprint density at radius 2 is 1.86 bits per heavy atom. The normalized spacial score (nSPS) is 12.3. The molecule has 2 amide bonds. The van der Waals surface area contributed by atoms with E-state index in [4.69, 9.17) is 4.74 Å². The molecule has 188 valence electrons. The van der Waals surface area contributed by atoms with Gasteiger partial charge in [0.25, 0.3) is 0 Å². The Kier molecular flexibility index (Phi) is 7.69. The van der Waals surface area contributed by atoms with Gasteiger partial charge < -0.3 is 15.0 Å². The number of amides is 2. The monoisotopic (exact) mass is 505 g/mol. The van der Waals surface area contributed by atoms with Crippen LogP contribution in [0.15, 0.2) is 66.0 Å². The lowest BCUT2D eigenvalue weighted by Crippen LogP contribution is -2.50. The molecular formula is C27H31N5O3S. The third-order valence-corrected chi connectivity index (χ3v) is 7.18. The number of rotatable bonds is 10.